The SMILES string of the molecule is Cc1cc(-c2ccc(-c3ccn[nH]3)o2)nc2cnn(CCCC(N)=O)c12. The Hall–Kier alpha value is -3.42. The fourth-order valence-corrected chi connectivity index (χ4v) is 3.01. The van der Waals surface area contributed by atoms with Crippen molar-refractivity contribution >= 4 is 16.9 Å². The van der Waals surface area contributed by atoms with E-state index in [2.05, 4.69) is 20.3 Å². The second kappa shape index (κ2) is 6.47. The average Bonchev–Trinajstić information content (AvgIpc) is 3.34. The number of nitrogens with two attached hydrogens (primary N) is 1. The van der Waals surface area contributed by atoms with Crippen molar-refractivity contribution in [1.82, 2.24) is 25.0 Å². The Balaban J connectivity index is 1.65. The van der Waals surface area contributed by atoms with Gasteiger partial charge in [0, 0.05) is 19.2 Å². The van der Waals surface area contributed by atoms with E-state index in [1.54, 1.807) is 12.4 Å². The van der Waals surface area contributed by atoms with Crippen molar-refractivity contribution in [2.24, 2.45) is 5.73 Å². The lowest BCUT2D eigenvalue weighted by Gasteiger charge is -2.06. The van der Waals surface area contributed by atoms with Gasteiger partial charge in [-0.05, 0) is 43.2 Å². The summed E-state index contributed by atoms with van der Waals surface area (Å²) >= 11 is 0. The monoisotopic (exact) mass is 350 g/mol. The van der Waals surface area contributed by atoms with Crippen molar-refractivity contribution in [3.8, 4) is 22.9 Å². The minimum absolute atomic E-state index is 0.301. The standard InChI is InChI=1S/C18H18N6O2/c1-11-9-13(16-5-4-15(26-16)12-6-7-20-23-12)22-14-10-21-24(18(11)14)8-2-3-17(19)25/h4-7,9-10H,2-3,8H2,1H3,(H2,19,25)(H,20,23). The second-order valence-corrected chi connectivity index (χ2v) is 6.13. The van der Waals surface area contributed by atoms with Crippen molar-refractivity contribution in [3.63, 3.8) is 0 Å². The number of aromatic amines is 1. The maximum Gasteiger partial charge on any atom is 0.217 e. The number of amides is 1. The first kappa shape index (κ1) is 16.1. The molecule has 0 aromatic carbocycles. The molecule has 4 rings (SSSR count). The number of pyridine rings is 1. The van der Waals surface area contributed by atoms with Crippen LogP contribution in [0.2, 0.25) is 0 Å². The molecule has 8 heteroatoms. The van der Waals surface area contributed by atoms with Crippen molar-refractivity contribution in [2.45, 2.75) is 26.3 Å². The summed E-state index contributed by atoms with van der Waals surface area (Å²) in [5, 5.41) is 11.2. The molecule has 0 aliphatic heterocycles. The number of fused-ring (bicyclic) bond motifs is 1. The number of nitrogens with zero attached hydrogens (tertiary/aromatic N) is 4. The van der Waals surface area contributed by atoms with E-state index in [0.717, 1.165) is 28.0 Å². The lowest BCUT2D eigenvalue weighted by atomic mass is 10.2. The summed E-state index contributed by atoms with van der Waals surface area (Å²) in [7, 11) is 0. The van der Waals surface area contributed by atoms with Crippen LogP contribution in [0.3, 0.4) is 0 Å². The molecular formula is C18H18N6O2. The Bertz CT molecular complexity index is 1060. The molecule has 0 radical (unpaired) electrons. The number of H-pyrrole nitrogens is 1. The lowest BCUT2D eigenvalue weighted by Crippen LogP contribution is -2.12. The Morgan fingerprint density at radius 1 is 1.31 bits per heavy atom. The number of carbonyl (C=O) groups excluding carboxylic acids is 1. The molecule has 4 aromatic heterocycles. The maximum absolute atomic E-state index is 10.9. The van der Waals surface area contributed by atoms with Crippen LogP contribution in [0.4, 0.5) is 0 Å². The molecule has 0 atom stereocenters. The number of primary amides is 1. The highest BCUT2D eigenvalue weighted by Gasteiger charge is 2.14. The van der Waals surface area contributed by atoms with E-state index in [-0.39, 0.29) is 5.91 Å². The van der Waals surface area contributed by atoms with Crippen LogP contribution in [0.1, 0.15) is 18.4 Å². The third kappa shape index (κ3) is 2.97. The zero-order valence-corrected chi connectivity index (χ0v) is 14.3. The first-order valence-corrected chi connectivity index (χ1v) is 8.33. The summed E-state index contributed by atoms with van der Waals surface area (Å²) in [4.78, 5) is 15.6. The predicted molar refractivity (Wildman–Crippen MR) is 96.0 cm³/mol. The summed E-state index contributed by atoms with van der Waals surface area (Å²) in [6.07, 6.45) is 4.40. The van der Waals surface area contributed by atoms with Gasteiger partial charge in [-0.25, -0.2) is 4.98 Å². The van der Waals surface area contributed by atoms with Crippen LogP contribution < -0.4 is 5.73 Å². The van der Waals surface area contributed by atoms with Crippen LogP contribution >= 0.6 is 0 Å². The van der Waals surface area contributed by atoms with Gasteiger partial charge in [-0.3, -0.25) is 14.6 Å². The molecule has 0 saturated carbocycles. The molecule has 0 fully saturated rings. The van der Waals surface area contributed by atoms with E-state index < -0.39 is 0 Å². The third-order valence-electron chi connectivity index (χ3n) is 4.21. The summed E-state index contributed by atoms with van der Waals surface area (Å²) in [5.74, 6) is 1.09. The Kier molecular flexibility index (Phi) is 4.00. The van der Waals surface area contributed by atoms with Crippen molar-refractivity contribution in [1.29, 1.82) is 0 Å². The van der Waals surface area contributed by atoms with Crippen molar-refractivity contribution in [3.05, 3.63) is 42.2 Å². The Morgan fingerprint density at radius 2 is 2.15 bits per heavy atom. The van der Waals surface area contributed by atoms with Gasteiger partial charge in [-0.15, -0.1) is 0 Å². The van der Waals surface area contributed by atoms with Crippen LogP contribution in [-0.2, 0) is 11.3 Å². The summed E-state index contributed by atoms with van der Waals surface area (Å²) < 4.78 is 7.77. The van der Waals surface area contributed by atoms with Gasteiger partial charge in [0.05, 0.1) is 11.7 Å². The first-order chi connectivity index (χ1) is 12.6. The van der Waals surface area contributed by atoms with Crippen LogP contribution in [0, 0.1) is 6.92 Å². The molecule has 132 valence electrons. The van der Waals surface area contributed by atoms with Crippen LogP contribution in [0.25, 0.3) is 33.9 Å². The van der Waals surface area contributed by atoms with E-state index in [1.165, 1.54) is 0 Å². The zero-order valence-electron chi connectivity index (χ0n) is 14.3. The summed E-state index contributed by atoms with van der Waals surface area (Å²) in [5.41, 5.74) is 9.55. The van der Waals surface area contributed by atoms with E-state index in [1.807, 2.05) is 35.9 Å². The van der Waals surface area contributed by atoms with Crippen LogP contribution in [0.15, 0.2) is 41.1 Å². The molecule has 1 amide bonds. The van der Waals surface area contributed by atoms with Crippen LogP contribution in [-0.4, -0.2) is 30.9 Å². The molecule has 4 heterocycles. The van der Waals surface area contributed by atoms with Gasteiger partial charge >= 0.3 is 0 Å². The molecule has 4 aromatic rings. The molecule has 3 N–H and O–H groups in total. The van der Waals surface area contributed by atoms with Crippen molar-refractivity contribution in [2.75, 3.05) is 0 Å². The number of aromatic nitrogens is 5. The average molecular weight is 350 g/mol. The fourth-order valence-electron chi connectivity index (χ4n) is 3.01. The minimum atomic E-state index is -0.301. The number of hydrogen-bond acceptors (Lipinski definition) is 5. The molecule has 8 nitrogen and oxygen atoms in total. The zero-order chi connectivity index (χ0) is 18.1. The molecule has 0 bridgehead atoms. The van der Waals surface area contributed by atoms with Gasteiger partial charge in [0.1, 0.15) is 16.9 Å². The van der Waals surface area contributed by atoms with Gasteiger partial charge in [-0.2, -0.15) is 10.2 Å². The summed E-state index contributed by atoms with van der Waals surface area (Å²) in [6.45, 7) is 2.64. The highest BCUT2D eigenvalue weighted by molar-refractivity contribution is 5.81. The highest BCUT2D eigenvalue weighted by atomic mass is 16.3. The second-order valence-electron chi connectivity index (χ2n) is 6.13. The first-order valence-electron chi connectivity index (χ1n) is 8.33. The molecule has 0 unspecified atom stereocenters. The quantitative estimate of drug-likeness (QED) is 0.554. The largest absolute Gasteiger partial charge is 0.453 e. The normalized spacial score (nSPS) is 11.3. The van der Waals surface area contributed by atoms with Gasteiger partial charge in [0.2, 0.25) is 5.91 Å². The molecular weight excluding hydrogens is 332 g/mol. The van der Waals surface area contributed by atoms with E-state index in [9.17, 15) is 4.79 Å². The topological polar surface area (TPSA) is 116 Å². The van der Waals surface area contributed by atoms with Crippen LogP contribution in [0.5, 0.6) is 0 Å². The third-order valence-corrected chi connectivity index (χ3v) is 4.21. The maximum atomic E-state index is 10.9. The molecule has 0 saturated heterocycles. The number of hydrogen-bond donors (Lipinski definition) is 2. The van der Waals surface area contributed by atoms with Gasteiger partial charge in [0.15, 0.2) is 11.5 Å². The molecule has 26 heavy (non-hydrogen) atoms. The fraction of sp³-hybridized carbons (Fsp3) is 0.222. The van der Waals surface area contributed by atoms with E-state index in [4.69, 9.17) is 10.2 Å². The number of rotatable bonds is 6. The molecule has 0 spiro atoms. The number of aryl methyl sites for hydroxylation is 2. The van der Waals surface area contributed by atoms with Gasteiger partial charge in [-0.1, -0.05) is 0 Å². The smallest absolute Gasteiger partial charge is 0.217 e. The number of carbonyl (C=O) groups is 1. The predicted octanol–water partition coefficient (Wildman–Crippen LogP) is 2.66. The molecule has 0 aliphatic rings. The van der Waals surface area contributed by atoms with E-state index >= 15 is 0 Å². The van der Waals surface area contributed by atoms with Gasteiger partial charge in [0.25, 0.3) is 0 Å². The molecule has 0 aliphatic carbocycles. The van der Waals surface area contributed by atoms with Gasteiger partial charge < -0.3 is 10.2 Å². The summed E-state index contributed by atoms with van der Waals surface area (Å²) in [6, 6.07) is 7.60. The highest BCUT2D eigenvalue weighted by Crippen LogP contribution is 2.29. The minimum Gasteiger partial charge on any atom is -0.453 e. The van der Waals surface area contributed by atoms with Crippen molar-refractivity contribution < 1.29 is 9.21 Å². The van der Waals surface area contributed by atoms with E-state index in [0.29, 0.717) is 30.9 Å². The number of nitrogens with one attached hydrogen (secondary N) is 1. The lowest BCUT2D eigenvalue weighted by molar-refractivity contribution is -0.118. The Labute approximate surface area is 149 Å². The number of furan rings is 1. The Morgan fingerprint density at radius 3 is 2.92 bits per heavy atom.